The zero-order valence-electron chi connectivity index (χ0n) is 15.8. The van der Waals surface area contributed by atoms with Crippen molar-refractivity contribution in [2.24, 2.45) is 0 Å². The molecule has 1 aliphatic rings. The summed E-state index contributed by atoms with van der Waals surface area (Å²) in [5.41, 5.74) is 1.15. The Kier molecular flexibility index (Phi) is 5.93. The van der Waals surface area contributed by atoms with Crippen molar-refractivity contribution in [1.29, 1.82) is 0 Å². The Morgan fingerprint density at radius 2 is 2.00 bits per heavy atom. The second-order valence-corrected chi connectivity index (χ2v) is 7.01. The van der Waals surface area contributed by atoms with Gasteiger partial charge in [0, 0.05) is 12.1 Å². The monoisotopic (exact) mass is 356 g/mol. The molecule has 26 heavy (non-hydrogen) atoms. The lowest BCUT2D eigenvalue weighted by Gasteiger charge is -2.25. The molecule has 6 nitrogen and oxygen atoms in total. The highest BCUT2D eigenvalue weighted by Gasteiger charge is 2.21. The number of hydrogen-bond acceptors (Lipinski definition) is 4. The highest BCUT2D eigenvalue weighted by Crippen LogP contribution is 2.31. The van der Waals surface area contributed by atoms with Crippen LogP contribution in [0.15, 0.2) is 36.5 Å². The average Bonchev–Trinajstić information content (AvgIpc) is 3.32. The van der Waals surface area contributed by atoms with Crippen LogP contribution in [0.5, 0.6) is 5.75 Å². The summed E-state index contributed by atoms with van der Waals surface area (Å²) in [6.45, 7) is 2.42. The number of ether oxygens (including phenoxy) is 1. The molecule has 1 heterocycles. The summed E-state index contributed by atoms with van der Waals surface area (Å²) in [6.07, 6.45) is 6.51. The van der Waals surface area contributed by atoms with Crippen molar-refractivity contribution in [3.8, 4) is 5.75 Å². The molecule has 0 saturated heterocycles. The van der Waals surface area contributed by atoms with Gasteiger partial charge < -0.3 is 10.1 Å². The van der Waals surface area contributed by atoms with Crippen molar-refractivity contribution >= 4 is 11.7 Å². The van der Waals surface area contributed by atoms with Gasteiger partial charge in [0.05, 0.1) is 25.9 Å². The molecule has 1 fully saturated rings. The Labute approximate surface area is 155 Å². The van der Waals surface area contributed by atoms with Gasteiger partial charge in [-0.15, -0.1) is 0 Å². The van der Waals surface area contributed by atoms with Crippen LogP contribution in [0.3, 0.4) is 0 Å². The maximum atomic E-state index is 12.5. The van der Waals surface area contributed by atoms with Gasteiger partial charge in [0.15, 0.2) is 0 Å². The lowest BCUT2D eigenvalue weighted by Crippen LogP contribution is -2.32. The first-order valence-electron chi connectivity index (χ1n) is 9.26. The number of methoxy groups -OCH3 is 1. The van der Waals surface area contributed by atoms with Crippen LogP contribution in [-0.2, 0) is 4.79 Å². The third-order valence-electron chi connectivity index (χ3n) is 5.26. The second kappa shape index (κ2) is 8.36. The van der Waals surface area contributed by atoms with Crippen molar-refractivity contribution in [2.45, 2.75) is 44.7 Å². The Hall–Kier alpha value is -2.34. The fraction of sp³-hybridized carbons (Fsp3) is 0.500. The molecular weight excluding hydrogens is 328 g/mol. The summed E-state index contributed by atoms with van der Waals surface area (Å²) in [6, 6.07) is 10.4. The van der Waals surface area contributed by atoms with E-state index in [2.05, 4.69) is 17.3 Å². The molecule has 6 heteroatoms. The van der Waals surface area contributed by atoms with E-state index in [1.54, 1.807) is 13.3 Å². The maximum absolute atomic E-state index is 12.5. The summed E-state index contributed by atoms with van der Waals surface area (Å²) in [5.74, 6) is 1.61. The molecule has 1 unspecified atom stereocenters. The number of amides is 1. The SMILES string of the molecule is COc1ccc(C(C)N(C)CC(=O)Nc2ccnn2C2CCCC2)cc1. The number of nitrogens with zero attached hydrogens (tertiary/aromatic N) is 3. The Morgan fingerprint density at radius 1 is 1.31 bits per heavy atom. The quantitative estimate of drug-likeness (QED) is 0.823. The third-order valence-corrected chi connectivity index (χ3v) is 5.26. The number of anilines is 1. The fourth-order valence-corrected chi connectivity index (χ4v) is 3.54. The highest BCUT2D eigenvalue weighted by molar-refractivity contribution is 5.91. The van der Waals surface area contributed by atoms with E-state index in [9.17, 15) is 4.79 Å². The van der Waals surface area contributed by atoms with Gasteiger partial charge >= 0.3 is 0 Å². The summed E-state index contributed by atoms with van der Waals surface area (Å²) >= 11 is 0. The average molecular weight is 356 g/mol. The van der Waals surface area contributed by atoms with Crippen molar-refractivity contribution in [1.82, 2.24) is 14.7 Å². The van der Waals surface area contributed by atoms with E-state index in [0.717, 1.165) is 30.0 Å². The maximum Gasteiger partial charge on any atom is 0.239 e. The largest absolute Gasteiger partial charge is 0.497 e. The first-order chi connectivity index (χ1) is 12.6. The first-order valence-corrected chi connectivity index (χ1v) is 9.26. The van der Waals surface area contributed by atoms with Crippen LogP contribution in [0.1, 0.15) is 50.3 Å². The number of hydrogen-bond donors (Lipinski definition) is 1. The predicted octanol–water partition coefficient (Wildman–Crippen LogP) is 3.64. The van der Waals surface area contributed by atoms with Crippen LogP contribution in [-0.4, -0.2) is 41.3 Å². The zero-order chi connectivity index (χ0) is 18.5. The molecule has 3 rings (SSSR count). The van der Waals surface area contributed by atoms with Gasteiger partial charge in [0.2, 0.25) is 5.91 Å². The van der Waals surface area contributed by atoms with Gasteiger partial charge in [-0.1, -0.05) is 25.0 Å². The van der Waals surface area contributed by atoms with Crippen molar-refractivity contribution in [2.75, 3.05) is 26.0 Å². The molecule has 1 saturated carbocycles. The van der Waals surface area contributed by atoms with E-state index in [1.165, 1.54) is 12.8 Å². The van der Waals surface area contributed by atoms with E-state index in [0.29, 0.717) is 12.6 Å². The predicted molar refractivity (Wildman–Crippen MR) is 102 cm³/mol. The third kappa shape index (κ3) is 4.25. The molecule has 1 aromatic carbocycles. The van der Waals surface area contributed by atoms with Crippen molar-refractivity contribution in [3.05, 3.63) is 42.1 Å². The smallest absolute Gasteiger partial charge is 0.239 e. The fourth-order valence-electron chi connectivity index (χ4n) is 3.54. The molecule has 0 bridgehead atoms. The van der Waals surface area contributed by atoms with Crippen molar-refractivity contribution < 1.29 is 9.53 Å². The summed E-state index contributed by atoms with van der Waals surface area (Å²) in [4.78, 5) is 14.5. The molecule has 140 valence electrons. The van der Waals surface area contributed by atoms with Crippen LogP contribution in [0.25, 0.3) is 0 Å². The summed E-state index contributed by atoms with van der Waals surface area (Å²) in [7, 11) is 3.62. The number of nitrogens with one attached hydrogen (secondary N) is 1. The van der Waals surface area contributed by atoms with Crippen LogP contribution in [0.4, 0.5) is 5.82 Å². The minimum absolute atomic E-state index is 0.0207. The molecular formula is C20H28N4O2. The summed E-state index contributed by atoms with van der Waals surface area (Å²) in [5, 5.41) is 7.43. The van der Waals surface area contributed by atoms with Gasteiger partial charge in [-0.2, -0.15) is 5.10 Å². The van der Waals surface area contributed by atoms with Crippen LogP contribution < -0.4 is 10.1 Å². The Balaban J connectivity index is 1.58. The molecule has 1 aromatic heterocycles. The van der Waals surface area contributed by atoms with E-state index < -0.39 is 0 Å². The number of benzene rings is 1. The normalized spacial score (nSPS) is 16.0. The summed E-state index contributed by atoms with van der Waals surface area (Å²) < 4.78 is 7.17. The number of carbonyl (C=O) groups is 1. The molecule has 0 spiro atoms. The van der Waals surface area contributed by atoms with E-state index >= 15 is 0 Å². The first kappa shape index (κ1) is 18.5. The lowest BCUT2D eigenvalue weighted by molar-refractivity contribution is -0.117. The van der Waals surface area contributed by atoms with Gasteiger partial charge in [0.25, 0.3) is 0 Å². The van der Waals surface area contributed by atoms with Gasteiger partial charge in [-0.05, 0) is 44.5 Å². The van der Waals surface area contributed by atoms with Gasteiger partial charge in [0.1, 0.15) is 11.6 Å². The molecule has 2 aromatic rings. The number of aromatic nitrogens is 2. The van der Waals surface area contributed by atoms with Crippen molar-refractivity contribution in [3.63, 3.8) is 0 Å². The topological polar surface area (TPSA) is 59.4 Å². The molecule has 1 aliphatic carbocycles. The van der Waals surface area contributed by atoms with E-state index in [1.807, 2.05) is 47.0 Å². The number of rotatable bonds is 7. The standard InChI is InChI=1S/C20H28N4O2/c1-15(16-8-10-18(26-3)11-9-16)23(2)14-20(25)22-19-12-13-21-24(19)17-6-4-5-7-17/h8-13,15,17H,4-7,14H2,1-3H3,(H,22,25). The Morgan fingerprint density at radius 3 is 2.65 bits per heavy atom. The van der Waals surface area contributed by atoms with E-state index in [4.69, 9.17) is 4.74 Å². The molecule has 1 atom stereocenters. The molecule has 1 amide bonds. The molecule has 0 aliphatic heterocycles. The minimum Gasteiger partial charge on any atom is -0.497 e. The van der Waals surface area contributed by atoms with Crippen LogP contribution in [0.2, 0.25) is 0 Å². The van der Waals surface area contributed by atoms with Crippen LogP contribution >= 0.6 is 0 Å². The lowest BCUT2D eigenvalue weighted by atomic mass is 10.1. The zero-order valence-corrected chi connectivity index (χ0v) is 15.8. The minimum atomic E-state index is -0.0207. The van der Waals surface area contributed by atoms with Gasteiger partial charge in [-0.25, -0.2) is 4.68 Å². The number of carbonyl (C=O) groups excluding carboxylic acids is 1. The van der Waals surface area contributed by atoms with E-state index in [-0.39, 0.29) is 11.9 Å². The van der Waals surface area contributed by atoms with Crippen LogP contribution in [0, 0.1) is 0 Å². The highest BCUT2D eigenvalue weighted by atomic mass is 16.5. The number of likely N-dealkylation sites (N-methyl/N-ethyl adjacent to an activating group) is 1. The second-order valence-electron chi connectivity index (χ2n) is 7.01. The molecule has 1 N–H and O–H groups in total. The molecule has 0 radical (unpaired) electrons. The Bertz CT molecular complexity index is 720. The van der Waals surface area contributed by atoms with Gasteiger partial charge in [-0.3, -0.25) is 9.69 Å².